The lowest BCUT2D eigenvalue weighted by molar-refractivity contribution is 0.102. The van der Waals surface area contributed by atoms with Gasteiger partial charge in [-0.15, -0.1) is 0 Å². The zero-order valence-electron chi connectivity index (χ0n) is 13.1. The minimum Gasteiger partial charge on any atom is -0.322 e. The first-order valence-corrected chi connectivity index (χ1v) is 9.53. The Bertz CT molecular complexity index is 896. The van der Waals surface area contributed by atoms with Crippen molar-refractivity contribution >= 4 is 38.9 Å². The number of nitrogens with one attached hydrogen (secondary N) is 1. The van der Waals surface area contributed by atoms with Crippen LogP contribution in [-0.2, 0) is 10.0 Å². The molecule has 126 valence electrons. The number of carbonyl (C=O) groups excluding carboxylic acids is 1. The van der Waals surface area contributed by atoms with E-state index in [1.807, 2.05) is 6.92 Å². The second-order valence-electron chi connectivity index (χ2n) is 5.71. The summed E-state index contributed by atoms with van der Waals surface area (Å²) in [7, 11) is -3.27. The third-order valence-corrected chi connectivity index (χ3v) is 6.04. The minimum absolute atomic E-state index is 0.146. The number of halogens is 1. The number of hydrogen-bond donors (Lipinski definition) is 1. The van der Waals surface area contributed by atoms with Gasteiger partial charge in [0, 0.05) is 22.8 Å². The molecule has 5 nitrogen and oxygen atoms in total. The van der Waals surface area contributed by atoms with Crippen LogP contribution in [-0.4, -0.2) is 26.6 Å². The fourth-order valence-corrected chi connectivity index (χ4v) is 4.48. The number of sulfonamides is 1. The van der Waals surface area contributed by atoms with Gasteiger partial charge in [-0.2, -0.15) is 0 Å². The molecule has 1 aliphatic rings. The summed E-state index contributed by atoms with van der Waals surface area (Å²) in [5.41, 5.74) is 2.45. The molecule has 24 heavy (non-hydrogen) atoms. The standard InChI is InChI=1S/C17H17ClN2O3S/c1-12-10-14(18)6-7-16(12)19-17(21)13-4-2-5-15(11-13)20-8-3-9-24(20,22)23/h2,4-7,10-11H,3,8-9H2,1H3,(H,19,21). The van der Waals surface area contributed by atoms with E-state index in [1.165, 1.54) is 4.31 Å². The second kappa shape index (κ2) is 6.45. The van der Waals surface area contributed by atoms with Gasteiger partial charge in [-0.3, -0.25) is 9.10 Å². The van der Waals surface area contributed by atoms with Crippen LogP contribution in [0.15, 0.2) is 42.5 Å². The molecule has 1 fully saturated rings. The Morgan fingerprint density at radius 3 is 2.67 bits per heavy atom. The minimum atomic E-state index is -3.27. The highest BCUT2D eigenvalue weighted by atomic mass is 35.5. The zero-order valence-corrected chi connectivity index (χ0v) is 14.7. The average Bonchev–Trinajstić information content (AvgIpc) is 2.89. The fourth-order valence-electron chi connectivity index (χ4n) is 2.69. The second-order valence-corrected chi connectivity index (χ2v) is 8.15. The number of benzene rings is 2. The van der Waals surface area contributed by atoms with E-state index in [0.29, 0.717) is 34.9 Å². The Hall–Kier alpha value is -2.05. The van der Waals surface area contributed by atoms with Crippen molar-refractivity contribution in [3.05, 3.63) is 58.6 Å². The van der Waals surface area contributed by atoms with Crippen molar-refractivity contribution in [1.82, 2.24) is 0 Å². The highest BCUT2D eigenvalue weighted by Gasteiger charge is 2.28. The number of aryl methyl sites for hydroxylation is 1. The van der Waals surface area contributed by atoms with Gasteiger partial charge in [0.25, 0.3) is 5.91 Å². The van der Waals surface area contributed by atoms with E-state index in [4.69, 9.17) is 11.6 Å². The number of hydrogen-bond acceptors (Lipinski definition) is 3. The van der Waals surface area contributed by atoms with Crippen LogP contribution in [0.25, 0.3) is 0 Å². The van der Waals surface area contributed by atoms with E-state index in [-0.39, 0.29) is 11.7 Å². The molecule has 0 radical (unpaired) electrons. The largest absolute Gasteiger partial charge is 0.322 e. The van der Waals surface area contributed by atoms with Gasteiger partial charge in [-0.05, 0) is 55.3 Å². The Morgan fingerprint density at radius 2 is 2.00 bits per heavy atom. The summed E-state index contributed by atoms with van der Waals surface area (Å²) in [6.45, 7) is 2.30. The molecule has 0 bridgehead atoms. The lowest BCUT2D eigenvalue weighted by Crippen LogP contribution is -2.25. The molecular formula is C17H17ClN2O3S. The van der Waals surface area contributed by atoms with Gasteiger partial charge in [0.05, 0.1) is 11.4 Å². The number of rotatable bonds is 3. The molecule has 1 aliphatic heterocycles. The van der Waals surface area contributed by atoms with Crippen molar-refractivity contribution in [3.63, 3.8) is 0 Å². The van der Waals surface area contributed by atoms with Crippen molar-refractivity contribution in [3.8, 4) is 0 Å². The highest BCUT2D eigenvalue weighted by molar-refractivity contribution is 7.93. The van der Waals surface area contributed by atoms with E-state index in [2.05, 4.69) is 5.32 Å². The Kier molecular flexibility index (Phi) is 4.51. The molecule has 0 aliphatic carbocycles. The van der Waals surface area contributed by atoms with Crippen LogP contribution >= 0.6 is 11.6 Å². The molecule has 0 spiro atoms. The van der Waals surface area contributed by atoms with Crippen LogP contribution in [0.5, 0.6) is 0 Å². The van der Waals surface area contributed by atoms with Crippen LogP contribution in [0.2, 0.25) is 5.02 Å². The van der Waals surface area contributed by atoms with Crippen molar-refractivity contribution < 1.29 is 13.2 Å². The first kappa shape index (κ1) is 16.8. The van der Waals surface area contributed by atoms with Crippen LogP contribution in [0.1, 0.15) is 22.3 Å². The lowest BCUT2D eigenvalue weighted by atomic mass is 10.1. The first-order valence-electron chi connectivity index (χ1n) is 7.55. The predicted molar refractivity (Wildman–Crippen MR) is 96.3 cm³/mol. The van der Waals surface area contributed by atoms with Crippen molar-refractivity contribution in [2.45, 2.75) is 13.3 Å². The maximum atomic E-state index is 12.5. The number of nitrogens with zero attached hydrogens (tertiary/aromatic N) is 1. The summed E-state index contributed by atoms with van der Waals surface area (Å²) >= 11 is 5.92. The number of amides is 1. The van der Waals surface area contributed by atoms with E-state index in [0.717, 1.165) is 5.56 Å². The van der Waals surface area contributed by atoms with E-state index in [9.17, 15) is 13.2 Å². The molecule has 1 saturated heterocycles. The molecule has 7 heteroatoms. The van der Waals surface area contributed by atoms with Crippen molar-refractivity contribution in [2.24, 2.45) is 0 Å². The third kappa shape index (κ3) is 3.39. The summed E-state index contributed by atoms with van der Waals surface area (Å²) in [6, 6.07) is 11.9. The van der Waals surface area contributed by atoms with Crippen LogP contribution in [0.4, 0.5) is 11.4 Å². The molecule has 2 aromatic carbocycles. The topological polar surface area (TPSA) is 66.5 Å². The molecular weight excluding hydrogens is 348 g/mol. The monoisotopic (exact) mass is 364 g/mol. The SMILES string of the molecule is Cc1cc(Cl)ccc1NC(=O)c1cccc(N2CCCS2(=O)=O)c1. The van der Waals surface area contributed by atoms with Crippen LogP contribution in [0, 0.1) is 6.92 Å². The fraction of sp³-hybridized carbons (Fsp3) is 0.235. The third-order valence-electron chi connectivity index (χ3n) is 3.93. The van der Waals surface area contributed by atoms with Gasteiger partial charge in [0.2, 0.25) is 10.0 Å². The Balaban J connectivity index is 1.84. The summed E-state index contributed by atoms with van der Waals surface area (Å²) in [5, 5.41) is 3.43. The molecule has 0 aromatic heterocycles. The predicted octanol–water partition coefficient (Wildman–Crippen LogP) is 3.44. The van der Waals surface area contributed by atoms with Gasteiger partial charge in [-0.25, -0.2) is 8.42 Å². The van der Waals surface area contributed by atoms with Gasteiger partial charge >= 0.3 is 0 Å². The normalized spacial score (nSPS) is 16.2. The van der Waals surface area contributed by atoms with Crippen LogP contribution in [0.3, 0.4) is 0 Å². The molecule has 1 amide bonds. The van der Waals surface area contributed by atoms with Gasteiger partial charge < -0.3 is 5.32 Å². The summed E-state index contributed by atoms with van der Waals surface area (Å²) in [6.07, 6.45) is 0.600. The molecule has 1 heterocycles. The smallest absolute Gasteiger partial charge is 0.255 e. The molecule has 0 saturated carbocycles. The first-order chi connectivity index (χ1) is 11.4. The molecule has 3 rings (SSSR count). The lowest BCUT2D eigenvalue weighted by Gasteiger charge is -2.17. The summed E-state index contributed by atoms with van der Waals surface area (Å²) < 4.78 is 25.4. The zero-order chi connectivity index (χ0) is 17.3. The quantitative estimate of drug-likeness (QED) is 0.907. The molecule has 0 atom stereocenters. The Morgan fingerprint density at radius 1 is 1.21 bits per heavy atom. The van der Waals surface area contributed by atoms with Gasteiger partial charge in [0.1, 0.15) is 0 Å². The molecule has 2 aromatic rings. The highest BCUT2D eigenvalue weighted by Crippen LogP contribution is 2.25. The van der Waals surface area contributed by atoms with Gasteiger partial charge in [-0.1, -0.05) is 17.7 Å². The number of carbonyl (C=O) groups is 1. The maximum absolute atomic E-state index is 12.5. The van der Waals surface area contributed by atoms with Crippen LogP contribution < -0.4 is 9.62 Å². The maximum Gasteiger partial charge on any atom is 0.255 e. The summed E-state index contributed by atoms with van der Waals surface area (Å²) in [4.78, 5) is 12.5. The van der Waals surface area contributed by atoms with Crippen molar-refractivity contribution in [2.75, 3.05) is 21.9 Å². The van der Waals surface area contributed by atoms with Crippen molar-refractivity contribution in [1.29, 1.82) is 0 Å². The van der Waals surface area contributed by atoms with E-state index >= 15 is 0 Å². The molecule has 1 N–H and O–H groups in total. The van der Waals surface area contributed by atoms with E-state index < -0.39 is 10.0 Å². The number of anilines is 2. The Labute approximate surface area is 146 Å². The summed E-state index contributed by atoms with van der Waals surface area (Å²) in [5.74, 6) is -0.146. The molecule has 0 unspecified atom stereocenters. The van der Waals surface area contributed by atoms with Gasteiger partial charge in [0.15, 0.2) is 0 Å². The van der Waals surface area contributed by atoms with E-state index in [1.54, 1.807) is 42.5 Å². The average molecular weight is 365 g/mol.